The van der Waals surface area contributed by atoms with Crippen molar-refractivity contribution < 1.29 is 23.8 Å². The first-order chi connectivity index (χ1) is 21.3. The summed E-state index contributed by atoms with van der Waals surface area (Å²) < 4.78 is 17.1. The lowest BCUT2D eigenvalue weighted by molar-refractivity contribution is -0.116. The number of carbonyl (C=O) groups excluding carboxylic acids is 2. The summed E-state index contributed by atoms with van der Waals surface area (Å²) in [4.78, 5) is 27.8. The molecule has 228 valence electrons. The van der Waals surface area contributed by atoms with Gasteiger partial charge in [0.05, 0.1) is 44.6 Å². The minimum Gasteiger partial charge on any atom is -0.493 e. The Morgan fingerprint density at radius 2 is 1.84 bits per heavy atom. The van der Waals surface area contributed by atoms with Gasteiger partial charge in [-0.25, -0.2) is 0 Å². The molecule has 0 fully saturated rings. The third-order valence-electron chi connectivity index (χ3n) is 7.49. The first-order valence-electron chi connectivity index (χ1n) is 13.9. The van der Waals surface area contributed by atoms with Crippen molar-refractivity contribution in [2.45, 2.75) is 42.9 Å². The van der Waals surface area contributed by atoms with Crippen LogP contribution in [-0.2, 0) is 16.0 Å². The first-order valence-corrected chi connectivity index (χ1v) is 15.7. The van der Waals surface area contributed by atoms with E-state index in [1.165, 1.54) is 50.0 Å². The predicted octanol–water partition coefficient (Wildman–Crippen LogP) is 5.16. The number of rotatable bonds is 10. The van der Waals surface area contributed by atoms with E-state index in [2.05, 4.69) is 28.5 Å². The van der Waals surface area contributed by atoms with Crippen LogP contribution in [0.15, 0.2) is 63.4 Å². The number of nitriles is 1. The molecule has 0 saturated carbocycles. The molecule has 0 spiro atoms. The molecule has 1 unspecified atom stereocenters. The lowest BCUT2D eigenvalue weighted by atomic mass is 9.75. The summed E-state index contributed by atoms with van der Waals surface area (Å²) in [7, 11) is 4.52. The van der Waals surface area contributed by atoms with E-state index < -0.39 is 5.92 Å². The zero-order valence-electron chi connectivity index (χ0n) is 24.8. The summed E-state index contributed by atoms with van der Waals surface area (Å²) in [5.74, 6) is 0.531. The zero-order valence-corrected chi connectivity index (χ0v) is 26.4. The van der Waals surface area contributed by atoms with Crippen molar-refractivity contribution in [3.05, 3.63) is 70.2 Å². The van der Waals surface area contributed by atoms with Crippen molar-refractivity contribution in [3.63, 3.8) is 0 Å². The highest BCUT2D eigenvalue weighted by Crippen LogP contribution is 2.50. The van der Waals surface area contributed by atoms with Crippen LogP contribution in [-0.4, -0.2) is 49.0 Å². The number of anilines is 2. The number of aryl methyl sites for hydroxylation is 1. The van der Waals surface area contributed by atoms with Crippen molar-refractivity contribution in [2.24, 2.45) is 5.73 Å². The topological polar surface area (TPSA) is 153 Å². The lowest BCUT2D eigenvalue weighted by Crippen LogP contribution is -2.38. The van der Waals surface area contributed by atoms with E-state index in [4.69, 9.17) is 19.9 Å². The highest BCUT2D eigenvalue weighted by molar-refractivity contribution is 8.01. The Morgan fingerprint density at radius 1 is 1.14 bits per heavy atom. The van der Waals surface area contributed by atoms with Crippen LogP contribution in [0.4, 0.5) is 10.8 Å². The van der Waals surface area contributed by atoms with Crippen molar-refractivity contribution in [3.8, 4) is 23.3 Å². The van der Waals surface area contributed by atoms with Gasteiger partial charge in [0.25, 0.3) is 0 Å². The summed E-state index contributed by atoms with van der Waals surface area (Å²) in [5.41, 5.74) is 10.6. The fraction of sp³-hybridized carbons (Fsp3) is 0.323. The second kappa shape index (κ2) is 13.4. The summed E-state index contributed by atoms with van der Waals surface area (Å²) in [6.07, 6.45) is 2.46. The number of ketones is 1. The van der Waals surface area contributed by atoms with Crippen LogP contribution in [0.25, 0.3) is 0 Å². The largest absolute Gasteiger partial charge is 0.493 e. The number of nitrogens with one attached hydrogen (secondary N) is 1. The predicted molar refractivity (Wildman–Crippen MR) is 169 cm³/mol. The van der Waals surface area contributed by atoms with Crippen molar-refractivity contribution in [2.75, 3.05) is 37.3 Å². The average Bonchev–Trinajstić information content (AvgIpc) is 3.51. The Bertz CT molecular complexity index is 1670. The van der Waals surface area contributed by atoms with Crippen LogP contribution >= 0.6 is 23.1 Å². The normalized spacial score (nSPS) is 16.4. The van der Waals surface area contributed by atoms with E-state index in [0.29, 0.717) is 62.8 Å². The second-order valence-electron chi connectivity index (χ2n) is 10.0. The van der Waals surface area contributed by atoms with Gasteiger partial charge in [0.1, 0.15) is 5.82 Å². The van der Waals surface area contributed by atoms with E-state index in [1.807, 2.05) is 24.3 Å². The molecule has 2 aliphatic rings. The molecule has 0 radical (unpaired) electrons. The molecule has 1 aliphatic heterocycles. The fourth-order valence-electron chi connectivity index (χ4n) is 5.41. The molecule has 3 aromatic rings. The number of nitrogens with zero attached hydrogens (tertiary/aromatic N) is 4. The molecule has 0 bridgehead atoms. The Kier molecular flexibility index (Phi) is 9.41. The fourth-order valence-corrected chi connectivity index (χ4v) is 7.09. The third kappa shape index (κ3) is 5.95. The minimum absolute atomic E-state index is 0.0713. The highest BCUT2D eigenvalue weighted by atomic mass is 32.2. The van der Waals surface area contributed by atoms with Gasteiger partial charge >= 0.3 is 0 Å². The Balaban J connectivity index is 1.45. The maximum Gasteiger partial charge on any atom is 0.234 e. The van der Waals surface area contributed by atoms with Crippen LogP contribution in [0.5, 0.6) is 17.2 Å². The molecule has 1 amide bonds. The molecular formula is C31H32N6O5S2. The molecule has 11 nitrogen and oxygen atoms in total. The van der Waals surface area contributed by atoms with E-state index in [9.17, 15) is 14.9 Å². The molecule has 1 aromatic heterocycles. The molecule has 1 aliphatic carbocycles. The standard InChI is InChI=1S/C31H32N6O5S2/c1-5-17-9-11-19(12-10-17)34-25(39)16-43-31-36-35-30(44-31)37-21-7-6-8-22(38)27(21)26(20(15-32)29(37)33)18-13-23(40-2)28(42-4)24(14-18)41-3/h9-14,26H,5-8,16,33H2,1-4H3,(H,34,39). The lowest BCUT2D eigenvalue weighted by Gasteiger charge is -2.38. The maximum atomic E-state index is 13.5. The van der Waals surface area contributed by atoms with E-state index in [-0.39, 0.29) is 28.8 Å². The van der Waals surface area contributed by atoms with Crippen LogP contribution in [0.2, 0.25) is 0 Å². The molecule has 1 atom stereocenters. The number of methoxy groups -OCH3 is 3. The Morgan fingerprint density at radius 3 is 2.45 bits per heavy atom. The molecule has 5 rings (SSSR count). The van der Waals surface area contributed by atoms with Crippen LogP contribution < -0.4 is 30.2 Å². The number of carbonyl (C=O) groups is 2. The molecule has 44 heavy (non-hydrogen) atoms. The van der Waals surface area contributed by atoms with Crippen LogP contribution in [0, 0.1) is 11.3 Å². The monoisotopic (exact) mass is 632 g/mol. The van der Waals surface area contributed by atoms with E-state index in [0.717, 1.165) is 12.1 Å². The quantitative estimate of drug-likeness (QED) is 0.285. The van der Waals surface area contributed by atoms with Crippen molar-refractivity contribution in [1.82, 2.24) is 10.2 Å². The number of amides is 1. The summed E-state index contributed by atoms with van der Waals surface area (Å²) in [5, 5.41) is 22.3. The van der Waals surface area contributed by atoms with Gasteiger partial charge in [0.15, 0.2) is 21.6 Å². The number of Topliss-reactive ketones (excluding diaryl/α,β-unsaturated/α-hetero) is 1. The minimum atomic E-state index is -0.732. The van der Waals surface area contributed by atoms with Crippen LogP contribution in [0.1, 0.15) is 43.2 Å². The average molecular weight is 633 g/mol. The number of allylic oxidation sites excluding steroid dienone is 3. The molecular weight excluding hydrogens is 601 g/mol. The van der Waals surface area contributed by atoms with Gasteiger partial charge in [-0.2, -0.15) is 5.26 Å². The van der Waals surface area contributed by atoms with Gasteiger partial charge in [-0.1, -0.05) is 42.2 Å². The zero-order chi connectivity index (χ0) is 31.4. The maximum absolute atomic E-state index is 13.5. The third-order valence-corrected chi connectivity index (χ3v) is 9.54. The number of ether oxygens (including phenoxy) is 3. The number of thioether (sulfide) groups is 1. The number of hydrogen-bond acceptors (Lipinski definition) is 12. The number of hydrogen-bond donors (Lipinski definition) is 2. The molecule has 2 aromatic carbocycles. The summed E-state index contributed by atoms with van der Waals surface area (Å²) in [6, 6.07) is 13.4. The van der Waals surface area contributed by atoms with Gasteiger partial charge in [-0.15, -0.1) is 10.2 Å². The van der Waals surface area contributed by atoms with Crippen molar-refractivity contribution in [1.29, 1.82) is 5.26 Å². The molecule has 2 heterocycles. The van der Waals surface area contributed by atoms with Crippen LogP contribution in [0.3, 0.4) is 0 Å². The molecule has 13 heteroatoms. The molecule has 3 N–H and O–H groups in total. The SMILES string of the molecule is CCc1ccc(NC(=O)CSc2nnc(N3C(N)=C(C#N)C(c4cc(OC)c(OC)c(OC)c4)C4=C3CCCC4=O)s2)cc1. The summed E-state index contributed by atoms with van der Waals surface area (Å²) >= 11 is 2.49. The summed E-state index contributed by atoms with van der Waals surface area (Å²) in [6.45, 7) is 2.08. The van der Waals surface area contributed by atoms with E-state index in [1.54, 1.807) is 17.0 Å². The Hall–Kier alpha value is -4.54. The molecule has 0 saturated heterocycles. The number of aromatic nitrogens is 2. The number of benzene rings is 2. The van der Waals surface area contributed by atoms with Crippen molar-refractivity contribution >= 4 is 45.6 Å². The van der Waals surface area contributed by atoms with Gasteiger partial charge < -0.3 is 25.3 Å². The smallest absolute Gasteiger partial charge is 0.234 e. The first kappa shape index (κ1) is 30.9. The van der Waals surface area contributed by atoms with E-state index >= 15 is 0 Å². The van der Waals surface area contributed by atoms with Gasteiger partial charge in [0.2, 0.25) is 16.8 Å². The van der Waals surface area contributed by atoms with Gasteiger partial charge in [-0.3, -0.25) is 14.5 Å². The van der Waals surface area contributed by atoms with Gasteiger partial charge in [-0.05, 0) is 54.7 Å². The number of nitrogens with two attached hydrogens (primary N) is 1. The second-order valence-corrected chi connectivity index (χ2v) is 12.2. The Labute approximate surface area is 263 Å². The van der Waals surface area contributed by atoms with Gasteiger partial charge in [0, 0.05) is 23.4 Å². The highest BCUT2D eigenvalue weighted by Gasteiger charge is 2.42.